The van der Waals surface area contributed by atoms with Crippen LogP contribution in [0.5, 0.6) is 0 Å². The summed E-state index contributed by atoms with van der Waals surface area (Å²) in [5, 5.41) is 3.68. The third kappa shape index (κ3) is 2.81. The second kappa shape index (κ2) is 5.57. The molecule has 2 nitrogen and oxygen atoms in total. The van der Waals surface area contributed by atoms with Crippen molar-refractivity contribution >= 4 is 38.6 Å². The molecular formula is C15H18N2S2. The number of thiocarbonyl (C=S) groups is 1. The molecule has 2 heterocycles. The van der Waals surface area contributed by atoms with Crippen LogP contribution in [0.25, 0.3) is 10.1 Å². The first-order valence-electron chi connectivity index (χ1n) is 6.71. The van der Waals surface area contributed by atoms with E-state index >= 15 is 0 Å². The molecule has 2 aromatic rings. The summed E-state index contributed by atoms with van der Waals surface area (Å²) in [6, 6.07) is 8.63. The summed E-state index contributed by atoms with van der Waals surface area (Å²) in [4.78, 5) is 3.17. The number of nitrogens with zero attached hydrogens (tertiary/aromatic N) is 1. The molecule has 1 aromatic carbocycles. The van der Waals surface area contributed by atoms with Gasteiger partial charge in [0.1, 0.15) is 0 Å². The van der Waals surface area contributed by atoms with Crippen molar-refractivity contribution in [3.8, 4) is 0 Å². The van der Waals surface area contributed by atoms with Gasteiger partial charge in [0.15, 0.2) is 0 Å². The predicted molar refractivity (Wildman–Crippen MR) is 86.6 cm³/mol. The average molecular weight is 290 g/mol. The number of hydrogen-bond acceptors (Lipinski definition) is 3. The first kappa shape index (κ1) is 13.0. The first-order valence-corrected chi connectivity index (χ1v) is 7.99. The van der Waals surface area contributed by atoms with Crippen molar-refractivity contribution in [3.05, 3.63) is 35.2 Å². The lowest BCUT2D eigenvalue weighted by atomic mass is 9.97. The zero-order chi connectivity index (χ0) is 13.2. The molecule has 1 aliphatic rings. The topological polar surface area (TPSA) is 29.3 Å². The summed E-state index contributed by atoms with van der Waals surface area (Å²) in [5.74, 6) is 0.397. The average Bonchev–Trinajstić information content (AvgIpc) is 2.83. The van der Waals surface area contributed by atoms with Crippen LogP contribution in [0.1, 0.15) is 18.4 Å². The van der Waals surface area contributed by atoms with Gasteiger partial charge in [-0.05, 0) is 41.8 Å². The van der Waals surface area contributed by atoms with E-state index < -0.39 is 0 Å². The van der Waals surface area contributed by atoms with E-state index in [4.69, 9.17) is 18.0 Å². The maximum absolute atomic E-state index is 5.80. The second-order valence-corrected chi connectivity index (χ2v) is 6.62. The molecule has 0 radical (unpaired) electrons. The van der Waals surface area contributed by atoms with E-state index in [0.29, 0.717) is 10.9 Å². The van der Waals surface area contributed by atoms with Crippen LogP contribution in [-0.2, 0) is 6.54 Å². The number of hydrogen-bond donors (Lipinski definition) is 1. The molecular weight excluding hydrogens is 272 g/mol. The van der Waals surface area contributed by atoms with Gasteiger partial charge in [-0.3, -0.25) is 4.90 Å². The molecule has 0 saturated carbocycles. The largest absolute Gasteiger partial charge is 0.393 e. The molecule has 1 aliphatic heterocycles. The van der Waals surface area contributed by atoms with Gasteiger partial charge in [-0.1, -0.05) is 30.4 Å². The molecule has 4 heteroatoms. The number of piperidine rings is 1. The van der Waals surface area contributed by atoms with Crippen LogP contribution in [0.2, 0.25) is 0 Å². The van der Waals surface area contributed by atoms with Crippen LogP contribution < -0.4 is 5.73 Å². The Bertz CT molecular complexity index is 591. The molecule has 1 atom stereocenters. The van der Waals surface area contributed by atoms with Crippen molar-refractivity contribution < 1.29 is 0 Å². The molecule has 0 amide bonds. The molecule has 1 aromatic heterocycles. The third-order valence-corrected chi connectivity index (χ3v) is 5.21. The SMILES string of the molecule is NC(=S)C1CCCN(Cc2csc3ccccc23)C1. The van der Waals surface area contributed by atoms with Crippen molar-refractivity contribution in [3.63, 3.8) is 0 Å². The maximum Gasteiger partial charge on any atom is 0.0771 e. The molecule has 1 unspecified atom stereocenters. The van der Waals surface area contributed by atoms with Gasteiger partial charge >= 0.3 is 0 Å². The third-order valence-electron chi connectivity index (χ3n) is 3.86. The van der Waals surface area contributed by atoms with E-state index in [0.717, 1.165) is 26.1 Å². The van der Waals surface area contributed by atoms with Crippen molar-refractivity contribution in [2.45, 2.75) is 19.4 Å². The molecule has 0 spiro atoms. The van der Waals surface area contributed by atoms with Crippen LogP contribution in [0.15, 0.2) is 29.6 Å². The Kier molecular flexibility index (Phi) is 3.82. The monoisotopic (exact) mass is 290 g/mol. The summed E-state index contributed by atoms with van der Waals surface area (Å²) < 4.78 is 1.38. The minimum atomic E-state index is 0.397. The lowest BCUT2D eigenvalue weighted by molar-refractivity contribution is 0.198. The van der Waals surface area contributed by atoms with Gasteiger partial charge < -0.3 is 5.73 Å². The van der Waals surface area contributed by atoms with E-state index in [1.165, 1.54) is 22.1 Å². The van der Waals surface area contributed by atoms with Crippen molar-refractivity contribution in [1.82, 2.24) is 4.90 Å². The minimum absolute atomic E-state index is 0.397. The molecule has 100 valence electrons. The van der Waals surface area contributed by atoms with E-state index in [-0.39, 0.29) is 0 Å². The van der Waals surface area contributed by atoms with Crippen LogP contribution >= 0.6 is 23.6 Å². The second-order valence-electron chi connectivity index (χ2n) is 5.23. The lowest BCUT2D eigenvalue weighted by Crippen LogP contribution is -2.39. The summed E-state index contributed by atoms with van der Waals surface area (Å²) in [6.45, 7) is 3.19. The van der Waals surface area contributed by atoms with Gasteiger partial charge in [0.05, 0.1) is 4.99 Å². The Morgan fingerprint density at radius 2 is 2.26 bits per heavy atom. The highest BCUT2D eigenvalue weighted by Gasteiger charge is 2.22. The Hall–Kier alpha value is -0.970. The van der Waals surface area contributed by atoms with E-state index in [9.17, 15) is 0 Å². The minimum Gasteiger partial charge on any atom is -0.393 e. The fourth-order valence-corrected chi connectivity index (χ4v) is 3.97. The van der Waals surface area contributed by atoms with Crippen molar-refractivity contribution in [1.29, 1.82) is 0 Å². The predicted octanol–water partition coefficient (Wildman–Crippen LogP) is 3.40. The molecule has 1 saturated heterocycles. The van der Waals surface area contributed by atoms with Crippen molar-refractivity contribution in [2.75, 3.05) is 13.1 Å². The zero-order valence-corrected chi connectivity index (χ0v) is 12.5. The normalized spacial score (nSPS) is 20.7. The van der Waals surface area contributed by atoms with Gasteiger partial charge in [0.2, 0.25) is 0 Å². The molecule has 1 fully saturated rings. The van der Waals surface area contributed by atoms with Gasteiger partial charge in [0.25, 0.3) is 0 Å². The Morgan fingerprint density at radius 3 is 3.11 bits per heavy atom. The van der Waals surface area contributed by atoms with Gasteiger partial charge in [-0.15, -0.1) is 11.3 Å². The molecule has 0 bridgehead atoms. The number of nitrogens with two attached hydrogens (primary N) is 1. The standard InChI is InChI=1S/C15H18N2S2/c16-15(18)11-4-3-7-17(8-11)9-12-10-19-14-6-2-1-5-13(12)14/h1-2,5-6,10-11H,3-4,7-9H2,(H2,16,18). The molecule has 0 aliphatic carbocycles. The van der Waals surface area contributed by atoms with E-state index in [1.807, 2.05) is 11.3 Å². The van der Waals surface area contributed by atoms with Crippen LogP contribution in [-0.4, -0.2) is 23.0 Å². The highest BCUT2D eigenvalue weighted by atomic mass is 32.1. The van der Waals surface area contributed by atoms with Gasteiger partial charge in [-0.25, -0.2) is 0 Å². The highest BCUT2D eigenvalue weighted by molar-refractivity contribution is 7.80. The lowest BCUT2D eigenvalue weighted by Gasteiger charge is -2.32. The fourth-order valence-electron chi connectivity index (χ4n) is 2.83. The Morgan fingerprint density at radius 1 is 1.42 bits per heavy atom. The number of thiophene rings is 1. The molecule has 2 N–H and O–H groups in total. The van der Waals surface area contributed by atoms with Crippen molar-refractivity contribution in [2.24, 2.45) is 11.7 Å². The van der Waals surface area contributed by atoms with Crippen LogP contribution in [0, 0.1) is 5.92 Å². The smallest absolute Gasteiger partial charge is 0.0771 e. The zero-order valence-electron chi connectivity index (χ0n) is 10.8. The molecule has 3 rings (SSSR count). The Labute approximate surface area is 123 Å². The summed E-state index contributed by atoms with van der Waals surface area (Å²) in [6.07, 6.45) is 2.35. The first-order chi connectivity index (χ1) is 9.24. The number of benzene rings is 1. The van der Waals surface area contributed by atoms with E-state index in [2.05, 4.69) is 34.5 Å². The number of likely N-dealkylation sites (tertiary alicyclic amines) is 1. The fraction of sp³-hybridized carbons (Fsp3) is 0.400. The Balaban J connectivity index is 1.76. The summed E-state index contributed by atoms with van der Waals surface area (Å²) >= 11 is 6.98. The quantitative estimate of drug-likeness (QED) is 0.879. The molecule has 19 heavy (non-hydrogen) atoms. The highest BCUT2D eigenvalue weighted by Crippen LogP contribution is 2.28. The summed E-state index contributed by atoms with van der Waals surface area (Å²) in [7, 11) is 0. The van der Waals surface area contributed by atoms with Gasteiger partial charge in [0, 0.05) is 23.7 Å². The van der Waals surface area contributed by atoms with Gasteiger partial charge in [-0.2, -0.15) is 0 Å². The van der Waals surface area contributed by atoms with Crippen LogP contribution in [0.4, 0.5) is 0 Å². The van der Waals surface area contributed by atoms with Crippen LogP contribution in [0.3, 0.4) is 0 Å². The summed E-state index contributed by atoms with van der Waals surface area (Å²) in [5.41, 5.74) is 7.23. The number of fused-ring (bicyclic) bond motifs is 1. The number of rotatable bonds is 3. The van der Waals surface area contributed by atoms with E-state index in [1.54, 1.807) is 0 Å². The maximum atomic E-state index is 5.80.